The molecule has 0 aliphatic rings. The Hall–Kier alpha value is -2.01. The van der Waals surface area contributed by atoms with Crippen LogP contribution in [0.3, 0.4) is 0 Å². The number of anilines is 1. The maximum atomic E-state index is 5.42. The molecular weight excluding hydrogens is 268 g/mol. The molecule has 0 atom stereocenters. The molecule has 1 aromatic heterocycles. The zero-order valence-electron chi connectivity index (χ0n) is 13.2. The lowest BCUT2D eigenvalue weighted by Crippen LogP contribution is -2.32. The van der Waals surface area contributed by atoms with Crippen molar-refractivity contribution in [3.63, 3.8) is 0 Å². The van der Waals surface area contributed by atoms with Crippen LogP contribution in [-0.2, 0) is 4.74 Å². The van der Waals surface area contributed by atoms with E-state index in [9.17, 15) is 0 Å². The van der Waals surface area contributed by atoms with Crippen LogP contribution in [0.4, 0.5) is 5.82 Å². The van der Waals surface area contributed by atoms with Gasteiger partial charge in [0.05, 0.1) is 19.8 Å². The Labute approximate surface area is 125 Å². The highest BCUT2D eigenvalue weighted by atomic mass is 16.5. The Morgan fingerprint density at radius 3 is 2.38 bits per heavy atom. The zero-order chi connectivity index (χ0) is 15.5. The van der Waals surface area contributed by atoms with E-state index in [4.69, 9.17) is 14.2 Å². The lowest BCUT2D eigenvalue weighted by Gasteiger charge is -2.24. The highest BCUT2D eigenvalue weighted by molar-refractivity contribution is 5.94. The Balaban J connectivity index is 2.40. The number of pyridine rings is 1. The minimum atomic E-state index is -0.263. The zero-order valence-corrected chi connectivity index (χ0v) is 13.2. The summed E-state index contributed by atoms with van der Waals surface area (Å²) in [4.78, 5) is 4.41. The second-order valence-corrected chi connectivity index (χ2v) is 5.41. The van der Waals surface area contributed by atoms with E-state index in [2.05, 4.69) is 10.3 Å². The van der Waals surface area contributed by atoms with Gasteiger partial charge in [0, 0.05) is 25.2 Å². The average Bonchev–Trinajstić information content (AvgIpc) is 2.51. The first-order valence-corrected chi connectivity index (χ1v) is 6.80. The van der Waals surface area contributed by atoms with Gasteiger partial charge in [0.2, 0.25) is 0 Å². The van der Waals surface area contributed by atoms with E-state index >= 15 is 0 Å². The molecule has 0 radical (unpaired) electrons. The standard InChI is InChI=1S/C16H22N2O3/c1-16(2,21-5)10-18-15-12-9-14(20-4)13(19-3)8-11(12)6-7-17-15/h6-9H,10H2,1-5H3,(H,17,18). The van der Waals surface area contributed by atoms with Crippen molar-refractivity contribution in [1.29, 1.82) is 0 Å². The monoisotopic (exact) mass is 290 g/mol. The van der Waals surface area contributed by atoms with E-state index in [1.54, 1.807) is 27.5 Å². The summed E-state index contributed by atoms with van der Waals surface area (Å²) in [5.74, 6) is 2.20. The fourth-order valence-electron chi connectivity index (χ4n) is 2.01. The lowest BCUT2D eigenvalue weighted by atomic mass is 10.1. The van der Waals surface area contributed by atoms with Gasteiger partial charge in [-0.3, -0.25) is 0 Å². The summed E-state index contributed by atoms with van der Waals surface area (Å²) in [6.45, 7) is 4.70. The minimum Gasteiger partial charge on any atom is -0.493 e. The number of nitrogens with one attached hydrogen (secondary N) is 1. The topological polar surface area (TPSA) is 52.6 Å². The molecule has 0 saturated carbocycles. The number of benzene rings is 1. The molecule has 0 saturated heterocycles. The summed E-state index contributed by atoms with van der Waals surface area (Å²) in [7, 11) is 4.96. The van der Waals surface area contributed by atoms with Crippen LogP contribution in [0.2, 0.25) is 0 Å². The van der Waals surface area contributed by atoms with Crippen LogP contribution < -0.4 is 14.8 Å². The van der Waals surface area contributed by atoms with Crippen molar-refractivity contribution in [2.45, 2.75) is 19.4 Å². The van der Waals surface area contributed by atoms with Crippen molar-refractivity contribution >= 4 is 16.6 Å². The second kappa shape index (κ2) is 6.18. The molecule has 21 heavy (non-hydrogen) atoms. The second-order valence-electron chi connectivity index (χ2n) is 5.41. The van der Waals surface area contributed by atoms with E-state index in [1.165, 1.54) is 0 Å². The van der Waals surface area contributed by atoms with Crippen molar-refractivity contribution in [3.8, 4) is 11.5 Å². The molecule has 5 nitrogen and oxygen atoms in total. The maximum absolute atomic E-state index is 5.42. The first-order valence-electron chi connectivity index (χ1n) is 6.80. The molecule has 0 spiro atoms. The summed E-state index contributed by atoms with van der Waals surface area (Å²) in [6.07, 6.45) is 1.77. The summed E-state index contributed by atoms with van der Waals surface area (Å²) < 4.78 is 16.1. The highest BCUT2D eigenvalue weighted by Crippen LogP contribution is 2.34. The number of hydrogen-bond acceptors (Lipinski definition) is 5. The maximum Gasteiger partial charge on any atom is 0.161 e. The van der Waals surface area contributed by atoms with Crippen molar-refractivity contribution in [1.82, 2.24) is 4.98 Å². The first-order chi connectivity index (χ1) is 10.0. The van der Waals surface area contributed by atoms with E-state index < -0.39 is 0 Å². The Morgan fingerprint density at radius 2 is 1.76 bits per heavy atom. The van der Waals surface area contributed by atoms with Crippen molar-refractivity contribution in [2.24, 2.45) is 0 Å². The molecule has 0 fully saturated rings. The van der Waals surface area contributed by atoms with Gasteiger partial charge in [-0.05, 0) is 37.4 Å². The van der Waals surface area contributed by atoms with Gasteiger partial charge in [-0.1, -0.05) is 0 Å². The van der Waals surface area contributed by atoms with Crippen LogP contribution in [0.5, 0.6) is 11.5 Å². The normalized spacial score (nSPS) is 11.5. The predicted molar refractivity (Wildman–Crippen MR) is 84.4 cm³/mol. The van der Waals surface area contributed by atoms with Crippen molar-refractivity contribution in [3.05, 3.63) is 24.4 Å². The van der Waals surface area contributed by atoms with Gasteiger partial charge in [-0.2, -0.15) is 0 Å². The fraction of sp³-hybridized carbons (Fsp3) is 0.438. The molecule has 1 N–H and O–H groups in total. The molecule has 0 bridgehead atoms. The number of fused-ring (bicyclic) bond motifs is 1. The van der Waals surface area contributed by atoms with Gasteiger partial charge in [-0.25, -0.2) is 4.98 Å². The molecule has 0 aliphatic heterocycles. The van der Waals surface area contributed by atoms with E-state index in [0.29, 0.717) is 18.0 Å². The van der Waals surface area contributed by atoms with Gasteiger partial charge in [0.1, 0.15) is 5.82 Å². The van der Waals surface area contributed by atoms with Gasteiger partial charge < -0.3 is 19.5 Å². The van der Waals surface area contributed by atoms with Gasteiger partial charge >= 0.3 is 0 Å². The molecule has 1 aromatic carbocycles. The Morgan fingerprint density at radius 1 is 1.10 bits per heavy atom. The van der Waals surface area contributed by atoms with Gasteiger partial charge in [0.25, 0.3) is 0 Å². The van der Waals surface area contributed by atoms with E-state index in [1.807, 2.05) is 32.0 Å². The number of nitrogens with zero attached hydrogens (tertiary/aromatic N) is 1. The average molecular weight is 290 g/mol. The summed E-state index contributed by atoms with van der Waals surface area (Å²) in [5, 5.41) is 5.37. The molecule has 2 aromatic rings. The lowest BCUT2D eigenvalue weighted by molar-refractivity contribution is 0.0343. The van der Waals surface area contributed by atoms with Gasteiger partial charge in [-0.15, -0.1) is 0 Å². The number of ether oxygens (including phenoxy) is 3. The van der Waals surface area contributed by atoms with E-state index in [-0.39, 0.29) is 5.60 Å². The Kier molecular flexibility index (Phi) is 4.53. The van der Waals surface area contributed by atoms with E-state index in [0.717, 1.165) is 16.6 Å². The number of aromatic nitrogens is 1. The first kappa shape index (κ1) is 15.4. The highest BCUT2D eigenvalue weighted by Gasteiger charge is 2.17. The van der Waals surface area contributed by atoms with Crippen molar-refractivity contribution < 1.29 is 14.2 Å². The molecule has 5 heteroatoms. The minimum absolute atomic E-state index is 0.263. The van der Waals surface area contributed by atoms with Crippen LogP contribution in [0.15, 0.2) is 24.4 Å². The molecular formula is C16H22N2O3. The predicted octanol–water partition coefficient (Wildman–Crippen LogP) is 3.09. The summed E-state index contributed by atoms with van der Waals surface area (Å²) in [5.41, 5.74) is -0.263. The quantitative estimate of drug-likeness (QED) is 0.886. The van der Waals surface area contributed by atoms with Crippen LogP contribution in [-0.4, -0.2) is 38.5 Å². The summed E-state index contributed by atoms with van der Waals surface area (Å²) >= 11 is 0. The Bertz CT molecular complexity index is 626. The van der Waals surface area contributed by atoms with Gasteiger partial charge in [0.15, 0.2) is 11.5 Å². The molecule has 2 rings (SSSR count). The third-order valence-corrected chi connectivity index (χ3v) is 3.50. The largest absolute Gasteiger partial charge is 0.493 e. The molecule has 0 aliphatic carbocycles. The number of hydrogen-bond donors (Lipinski definition) is 1. The number of methoxy groups -OCH3 is 3. The molecule has 114 valence electrons. The van der Waals surface area contributed by atoms with Crippen molar-refractivity contribution in [2.75, 3.05) is 33.2 Å². The smallest absolute Gasteiger partial charge is 0.161 e. The molecule has 0 amide bonds. The SMILES string of the molecule is COc1cc2ccnc(NCC(C)(C)OC)c2cc1OC. The van der Waals surface area contributed by atoms with Crippen LogP contribution >= 0.6 is 0 Å². The summed E-state index contributed by atoms with van der Waals surface area (Å²) in [6, 6.07) is 5.83. The van der Waals surface area contributed by atoms with Crippen LogP contribution in [0, 0.1) is 0 Å². The number of rotatable bonds is 6. The fourth-order valence-corrected chi connectivity index (χ4v) is 2.01. The molecule has 1 heterocycles. The third-order valence-electron chi connectivity index (χ3n) is 3.50. The van der Waals surface area contributed by atoms with Crippen LogP contribution in [0.25, 0.3) is 10.8 Å². The van der Waals surface area contributed by atoms with Crippen LogP contribution in [0.1, 0.15) is 13.8 Å². The third kappa shape index (κ3) is 3.36. The molecule has 0 unspecified atom stereocenters.